The summed E-state index contributed by atoms with van der Waals surface area (Å²) in [5, 5.41) is 3.98. The molecule has 1 heterocycles. The third kappa shape index (κ3) is 3.95. The summed E-state index contributed by atoms with van der Waals surface area (Å²) in [6.07, 6.45) is 8.66. The zero-order valence-electron chi connectivity index (χ0n) is 12.7. The van der Waals surface area contributed by atoms with E-state index in [9.17, 15) is 0 Å². The predicted molar refractivity (Wildman–Crippen MR) is 85.5 cm³/mol. The molecular formula is C16H24ClN3. The van der Waals surface area contributed by atoms with Gasteiger partial charge in [-0.3, -0.25) is 0 Å². The van der Waals surface area contributed by atoms with E-state index in [1.165, 1.54) is 25.7 Å². The van der Waals surface area contributed by atoms with Gasteiger partial charge in [-0.2, -0.15) is 0 Å². The molecule has 1 aliphatic rings. The van der Waals surface area contributed by atoms with Crippen LogP contribution < -0.4 is 5.32 Å². The fourth-order valence-electron chi connectivity index (χ4n) is 2.41. The van der Waals surface area contributed by atoms with Gasteiger partial charge in [0, 0.05) is 18.0 Å². The second kappa shape index (κ2) is 7.07. The van der Waals surface area contributed by atoms with E-state index >= 15 is 0 Å². The summed E-state index contributed by atoms with van der Waals surface area (Å²) in [6.45, 7) is 7.04. The summed E-state index contributed by atoms with van der Waals surface area (Å²) in [5.41, 5.74) is 2.51. The van der Waals surface area contributed by atoms with Crippen LogP contribution in [0, 0.1) is 6.92 Å². The van der Waals surface area contributed by atoms with Crippen molar-refractivity contribution in [2.75, 3.05) is 11.9 Å². The van der Waals surface area contributed by atoms with Crippen molar-refractivity contribution in [2.45, 2.75) is 58.8 Å². The molecule has 0 spiro atoms. The molecule has 1 N–H and O–H groups in total. The van der Waals surface area contributed by atoms with Crippen molar-refractivity contribution in [2.24, 2.45) is 0 Å². The van der Waals surface area contributed by atoms with E-state index in [0.717, 1.165) is 30.2 Å². The molecule has 0 radical (unpaired) electrons. The van der Waals surface area contributed by atoms with E-state index in [-0.39, 0.29) is 5.92 Å². The average molecular weight is 294 g/mol. The summed E-state index contributed by atoms with van der Waals surface area (Å²) in [5.74, 6) is 1.97. The second-order valence-corrected chi connectivity index (χ2v) is 6.14. The summed E-state index contributed by atoms with van der Waals surface area (Å²) in [4.78, 5) is 8.92. The van der Waals surface area contributed by atoms with Gasteiger partial charge in [0.05, 0.1) is 0 Å². The lowest BCUT2D eigenvalue weighted by Gasteiger charge is -2.15. The minimum atomic E-state index is 0.287. The maximum absolute atomic E-state index is 6.19. The quantitative estimate of drug-likeness (QED) is 0.622. The van der Waals surface area contributed by atoms with Crippen molar-refractivity contribution in [1.82, 2.24) is 9.97 Å². The lowest BCUT2D eigenvalue weighted by atomic mass is 9.97. The Morgan fingerprint density at radius 3 is 2.75 bits per heavy atom. The Hall–Kier alpha value is -1.09. The van der Waals surface area contributed by atoms with Gasteiger partial charge >= 0.3 is 0 Å². The first-order valence-corrected chi connectivity index (χ1v) is 7.91. The number of hydrogen-bond donors (Lipinski definition) is 1. The summed E-state index contributed by atoms with van der Waals surface area (Å²) in [6, 6.07) is 0. The van der Waals surface area contributed by atoms with E-state index in [1.54, 1.807) is 5.57 Å². The van der Waals surface area contributed by atoms with Crippen molar-refractivity contribution < 1.29 is 0 Å². The van der Waals surface area contributed by atoms with Crippen LogP contribution in [0.1, 0.15) is 63.3 Å². The molecule has 1 aromatic heterocycles. The topological polar surface area (TPSA) is 37.8 Å². The van der Waals surface area contributed by atoms with E-state index in [1.807, 2.05) is 6.92 Å². The maximum Gasteiger partial charge on any atom is 0.137 e. The van der Waals surface area contributed by atoms with E-state index in [4.69, 9.17) is 11.6 Å². The number of halogens is 1. The highest BCUT2D eigenvalue weighted by Crippen LogP contribution is 2.24. The van der Waals surface area contributed by atoms with Gasteiger partial charge in [0.1, 0.15) is 16.8 Å². The van der Waals surface area contributed by atoms with Gasteiger partial charge in [-0.25, -0.2) is 9.97 Å². The molecule has 1 aliphatic carbocycles. The number of aromatic nitrogens is 2. The maximum atomic E-state index is 6.19. The molecule has 0 unspecified atom stereocenters. The van der Waals surface area contributed by atoms with Crippen LogP contribution in [-0.2, 0) is 0 Å². The number of rotatable bonds is 5. The van der Waals surface area contributed by atoms with Gasteiger partial charge < -0.3 is 5.32 Å². The molecule has 0 aliphatic heterocycles. The highest BCUT2D eigenvalue weighted by molar-refractivity contribution is 6.30. The Morgan fingerprint density at radius 1 is 1.30 bits per heavy atom. The first-order valence-electron chi connectivity index (χ1n) is 7.53. The molecule has 0 saturated heterocycles. The number of nitrogens with zero attached hydrogens (tertiary/aromatic N) is 2. The molecule has 3 nitrogen and oxygen atoms in total. The minimum absolute atomic E-state index is 0.287. The van der Waals surface area contributed by atoms with Gasteiger partial charge in [-0.05, 0) is 39.0 Å². The number of nitrogens with one attached hydrogen (secondary N) is 1. The molecule has 0 atom stereocenters. The molecule has 4 heteroatoms. The van der Waals surface area contributed by atoms with E-state index < -0.39 is 0 Å². The monoisotopic (exact) mass is 293 g/mol. The van der Waals surface area contributed by atoms with Gasteiger partial charge in [0.2, 0.25) is 0 Å². The third-order valence-corrected chi connectivity index (χ3v) is 4.11. The smallest absolute Gasteiger partial charge is 0.137 e. The molecule has 1 aromatic rings. The van der Waals surface area contributed by atoms with Crippen LogP contribution in [0.15, 0.2) is 11.6 Å². The van der Waals surface area contributed by atoms with Crippen LogP contribution in [0.3, 0.4) is 0 Å². The van der Waals surface area contributed by atoms with Gasteiger partial charge in [-0.1, -0.05) is 37.1 Å². The van der Waals surface area contributed by atoms with Gasteiger partial charge in [0.25, 0.3) is 0 Å². The third-order valence-electron chi connectivity index (χ3n) is 3.74. The molecular weight excluding hydrogens is 270 g/mol. The van der Waals surface area contributed by atoms with Crippen molar-refractivity contribution in [3.05, 3.63) is 28.2 Å². The van der Waals surface area contributed by atoms with Crippen LogP contribution in [0.5, 0.6) is 0 Å². The lowest BCUT2D eigenvalue weighted by Crippen LogP contribution is -2.10. The molecule has 0 saturated carbocycles. The van der Waals surface area contributed by atoms with Crippen molar-refractivity contribution in [3.8, 4) is 0 Å². The Kier molecular flexibility index (Phi) is 5.41. The zero-order chi connectivity index (χ0) is 14.5. The number of hydrogen-bond acceptors (Lipinski definition) is 3. The van der Waals surface area contributed by atoms with Crippen molar-refractivity contribution in [1.29, 1.82) is 0 Å². The molecule has 0 bridgehead atoms. The Bertz CT molecular complexity index is 495. The molecule has 20 heavy (non-hydrogen) atoms. The van der Waals surface area contributed by atoms with E-state index in [0.29, 0.717) is 5.15 Å². The van der Waals surface area contributed by atoms with Crippen LogP contribution in [0.2, 0.25) is 5.15 Å². The normalized spacial score (nSPS) is 15.3. The second-order valence-electron chi connectivity index (χ2n) is 5.79. The van der Waals surface area contributed by atoms with Gasteiger partial charge in [-0.15, -0.1) is 0 Å². The highest BCUT2D eigenvalue weighted by Gasteiger charge is 2.11. The molecule has 110 valence electrons. The highest BCUT2D eigenvalue weighted by atomic mass is 35.5. The largest absolute Gasteiger partial charge is 0.369 e. The Labute approximate surface area is 126 Å². The SMILES string of the molecule is Cc1c(Cl)nc(C(C)C)nc1NCCC1=CCCCC1. The molecule has 0 fully saturated rings. The fourth-order valence-corrected chi connectivity index (χ4v) is 2.59. The number of anilines is 1. The fraction of sp³-hybridized carbons (Fsp3) is 0.625. The number of allylic oxidation sites excluding steroid dienone is 1. The Balaban J connectivity index is 1.99. The molecule has 0 amide bonds. The summed E-state index contributed by atoms with van der Waals surface area (Å²) >= 11 is 6.19. The summed E-state index contributed by atoms with van der Waals surface area (Å²) in [7, 11) is 0. The van der Waals surface area contributed by atoms with E-state index in [2.05, 4.69) is 35.2 Å². The Morgan fingerprint density at radius 2 is 2.10 bits per heavy atom. The first-order chi connectivity index (χ1) is 9.58. The standard InChI is InChI=1S/C16H24ClN3/c1-11(2)15-19-14(17)12(3)16(20-15)18-10-9-13-7-5-4-6-8-13/h7,11H,4-6,8-10H2,1-3H3,(H,18,19,20). The van der Waals surface area contributed by atoms with Crippen LogP contribution >= 0.6 is 11.6 Å². The zero-order valence-corrected chi connectivity index (χ0v) is 13.4. The lowest BCUT2D eigenvalue weighted by molar-refractivity contribution is 0.679. The minimum Gasteiger partial charge on any atom is -0.369 e. The predicted octanol–water partition coefficient (Wildman–Crippen LogP) is 4.86. The summed E-state index contributed by atoms with van der Waals surface area (Å²) < 4.78 is 0. The van der Waals surface area contributed by atoms with Gasteiger partial charge in [0.15, 0.2) is 0 Å². The van der Waals surface area contributed by atoms with Crippen LogP contribution in [-0.4, -0.2) is 16.5 Å². The van der Waals surface area contributed by atoms with Crippen molar-refractivity contribution in [3.63, 3.8) is 0 Å². The van der Waals surface area contributed by atoms with Crippen LogP contribution in [0.4, 0.5) is 5.82 Å². The first kappa shape index (κ1) is 15.3. The van der Waals surface area contributed by atoms with Crippen molar-refractivity contribution >= 4 is 17.4 Å². The molecule has 2 rings (SSSR count). The molecule has 0 aromatic carbocycles. The average Bonchev–Trinajstić information content (AvgIpc) is 2.44. The van der Waals surface area contributed by atoms with Crippen LogP contribution in [0.25, 0.3) is 0 Å².